The zero-order valence-electron chi connectivity index (χ0n) is 21.5. The molecule has 0 saturated heterocycles. The topological polar surface area (TPSA) is 186 Å². The number of ether oxygens (including phenoxy) is 4. The Bertz CT molecular complexity index is 1320. The zero-order chi connectivity index (χ0) is 29.2. The van der Waals surface area contributed by atoms with Crippen LogP contribution in [0.4, 0.5) is 0 Å². The van der Waals surface area contributed by atoms with Gasteiger partial charge in [-0.25, -0.2) is 16.8 Å². The molecule has 0 heterocycles. The maximum Gasteiger partial charge on any atom is 0.206 e. The molecule has 3 rings (SSSR count). The first kappa shape index (κ1) is 31.4. The molecule has 0 unspecified atom stereocenters. The predicted molar refractivity (Wildman–Crippen MR) is 143 cm³/mol. The molecule has 40 heavy (non-hydrogen) atoms. The molecule has 12 nitrogen and oxygen atoms in total. The summed E-state index contributed by atoms with van der Waals surface area (Å²) in [4.78, 5) is -1.02. The minimum atomic E-state index is -4.87. The van der Waals surface area contributed by atoms with Crippen molar-refractivity contribution in [2.24, 2.45) is 0 Å². The van der Waals surface area contributed by atoms with Gasteiger partial charge in [-0.05, 0) is 30.3 Å². The summed E-state index contributed by atoms with van der Waals surface area (Å²) in [7, 11) is -9.73. The highest BCUT2D eigenvalue weighted by Gasteiger charge is 2.56. The summed E-state index contributed by atoms with van der Waals surface area (Å²) in [6, 6.07) is 7.80. The molecule has 0 radical (unpaired) electrons. The number of hydrogen-bond acceptors (Lipinski definition) is 12. The van der Waals surface area contributed by atoms with Crippen LogP contribution < -0.4 is 18.9 Å². The van der Waals surface area contributed by atoms with Crippen LogP contribution in [-0.2, 0) is 19.7 Å². The molecule has 0 amide bonds. The van der Waals surface area contributed by atoms with Crippen LogP contribution >= 0.6 is 0 Å². The smallest absolute Gasteiger partial charge is 0.206 e. The first-order chi connectivity index (χ1) is 19.2. The second-order valence-corrected chi connectivity index (χ2v) is 12.9. The lowest BCUT2D eigenvalue weighted by atomic mass is 10.2. The second kappa shape index (κ2) is 14.0. The molecule has 0 bridgehead atoms. The van der Waals surface area contributed by atoms with Crippen LogP contribution in [0.2, 0.25) is 0 Å². The van der Waals surface area contributed by atoms with Crippen LogP contribution in [0.1, 0.15) is 6.42 Å². The van der Waals surface area contributed by atoms with Gasteiger partial charge in [0, 0.05) is 6.42 Å². The number of aliphatic hydroxyl groups excluding tert-OH is 4. The molecular weight excluding hydrogens is 568 g/mol. The summed E-state index contributed by atoms with van der Waals surface area (Å²) in [6.07, 6.45) is 4.80. The third kappa shape index (κ3) is 6.11. The summed E-state index contributed by atoms with van der Waals surface area (Å²) >= 11 is 0. The first-order valence-electron chi connectivity index (χ1n) is 12.3. The van der Waals surface area contributed by atoms with Gasteiger partial charge in [0.1, 0.15) is 36.2 Å². The molecule has 0 atom stereocenters. The van der Waals surface area contributed by atoms with E-state index in [2.05, 4.69) is 0 Å². The van der Waals surface area contributed by atoms with Crippen molar-refractivity contribution in [1.82, 2.24) is 0 Å². The van der Waals surface area contributed by atoms with Gasteiger partial charge in [0.2, 0.25) is 23.8 Å². The minimum Gasteiger partial charge on any atom is -0.487 e. The minimum absolute atomic E-state index is 0.0715. The molecule has 1 aliphatic rings. The summed E-state index contributed by atoms with van der Waals surface area (Å²) in [6.45, 7) is -2.73. The van der Waals surface area contributed by atoms with E-state index in [0.717, 1.165) is 6.08 Å². The fourth-order valence-corrected chi connectivity index (χ4v) is 8.94. The molecule has 220 valence electrons. The van der Waals surface area contributed by atoms with E-state index < -0.39 is 53.2 Å². The third-order valence-electron chi connectivity index (χ3n) is 5.75. The molecule has 0 fully saturated rings. The van der Waals surface area contributed by atoms with Crippen LogP contribution in [0, 0.1) is 0 Å². The zero-order valence-corrected chi connectivity index (χ0v) is 23.1. The van der Waals surface area contributed by atoms with E-state index >= 15 is 0 Å². The van der Waals surface area contributed by atoms with E-state index in [1.807, 2.05) is 0 Å². The number of sulfone groups is 2. The average molecular weight is 601 g/mol. The van der Waals surface area contributed by atoms with Gasteiger partial charge in [0.15, 0.2) is 23.0 Å². The first-order valence-corrected chi connectivity index (χ1v) is 15.2. The van der Waals surface area contributed by atoms with Gasteiger partial charge in [-0.1, -0.05) is 30.4 Å². The highest BCUT2D eigenvalue weighted by atomic mass is 32.3. The molecular formula is C26H32O12S2. The second-order valence-electron chi connectivity index (χ2n) is 8.27. The quantitative estimate of drug-likeness (QED) is 0.211. The molecule has 14 heteroatoms. The Morgan fingerprint density at radius 2 is 1.05 bits per heavy atom. The predicted octanol–water partition coefficient (Wildman–Crippen LogP) is 0.631. The van der Waals surface area contributed by atoms with Crippen molar-refractivity contribution in [2.45, 2.75) is 20.3 Å². The molecule has 2 aromatic rings. The Morgan fingerprint density at radius 3 is 1.43 bits per heavy atom. The summed E-state index contributed by atoms with van der Waals surface area (Å²) in [5, 5.41) is 37.0. The van der Waals surface area contributed by atoms with Crippen LogP contribution in [0.5, 0.6) is 23.0 Å². The van der Waals surface area contributed by atoms with Crippen LogP contribution in [-0.4, -0.2) is 94.2 Å². The van der Waals surface area contributed by atoms with Crippen LogP contribution in [0.15, 0.2) is 70.5 Å². The van der Waals surface area contributed by atoms with E-state index in [0.29, 0.717) is 0 Å². The van der Waals surface area contributed by atoms with E-state index in [4.69, 9.17) is 18.9 Å². The normalized spacial score (nSPS) is 14.6. The van der Waals surface area contributed by atoms with Gasteiger partial charge in [0.25, 0.3) is 0 Å². The van der Waals surface area contributed by atoms with Crippen molar-refractivity contribution in [2.75, 3.05) is 52.9 Å². The Morgan fingerprint density at radius 1 is 0.625 bits per heavy atom. The Labute approximate surface area is 232 Å². The van der Waals surface area contributed by atoms with Crippen molar-refractivity contribution < 1.29 is 56.2 Å². The lowest BCUT2D eigenvalue weighted by Crippen LogP contribution is -2.45. The fourth-order valence-electron chi connectivity index (χ4n) is 4.03. The lowest BCUT2D eigenvalue weighted by molar-refractivity contribution is 0.175. The van der Waals surface area contributed by atoms with Crippen LogP contribution in [0.3, 0.4) is 0 Å². The lowest BCUT2D eigenvalue weighted by Gasteiger charge is -2.32. The van der Waals surface area contributed by atoms with E-state index in [1.54, 1.807) is 0 Å². The molecule has 0 spiro atoms. The fraction of sp³-hybridized carbons (Fsp3) is 0.385. The number of aliphatic hydroxyl groups is 4. The van der Waals surface area contributed by atoms with Gasteiger partial charge < -0.3 is 39.4 Å². The standard InChI is InChI=1S/C26H32O12S2/c27-12-16-35-20-6-4-8-22(24(20)37-18-14-29)39(31,32)26(10-2-1-3-11-26)40(33,34)23-9-5-7-21(36-17-13-28)25(23)38-19-15-30/h1-10,27-30H,11-19H2. The highest BCUT2D eigenvalue weighted by molar-refractivity contribution is 8.10. The van der Waals surface area contributed by atoms with Crippen molar-refractivity contribution in [3.05, 3.63) is 60.7 Å². The van der Waals surface area contributed by atoms with Gasteiger partial charge in [-0.2, -0.15) is 0 Å². The largest absolute Gasteiger partial charge is 0.487 e. The highest BCUT2D eigenvalue weighted by Crippen LogP contribution is 2.48. The number of hydrogen-bond donors (Lipinski definition) is 4. The summed E-state index contributed by atoms with van der Waals surface area (Å²) < 4.78 is 77.2. The average Bonchev–Trinajstić information content (AvgIpc) is 2.97. The Balaban J connectivity index is 2.30. The molecule has 4 N–H and O–H groups in total. The van der Waals surface area contributed by atoms with Crippen molar-refractivity contribution in [3.63, 3.8) is 0 Å². The van der Waals surface area contributed by atoms with Crippen LogP contribution in [0.25, 0.3) is 0 Å². The van der Waals surface area contributed by atoms with Gasteiger partial charge in [-0.15, -0.1) is 0 Å². The monoisotopic (exact) mass is 600 g/mol. The van der Waals surface area contributed by atoms with E-state index in [9.17, 15) is 37.3 Å². The summed E-state index contributed by atoms with van der Waals surface area (Å²) in [5.41, 5.74) is 0. The third-order valence-corrected chi connectivity index (χ3v) is 11.3. The Hall–Kier alpha value is -3.14. The number of benzene rings is 2. The van der Waals surface area contributed by atoms with Crippen molar-refractivity contribution in [1.29, 1.82) is 0 Å². The van der Waals surface area contributed by atoms with Crippen molar-refractivity contribution >= 4 is 19.7 Å². The van der Waals surface area contributed by atoms with E-state index in [1.165, 1.54) is 54.6 Å². The van der Waals surface area contributed by atoms with Gasteiger partial charge in [0.05, 0.1) is 26.4 Å². The molecule has 2 aromatic carbocycles. The van der Waals surface area contributed by atoms with E-state index in [-0.39, 0.29) is 62.6 Å². The van der Waals surface area contributed by atoms with Crippen molar-refractivity contribution in [3.8, 4) is 23.0 Å². The number of allylic oxidation sites excluding steroid dienone is 3. The molecule has 0 aliphatic heterocycles. The molecule has 0 aromatic heterocycles. The van der Waals surface area contributed by atoms with Gasteiger partial charge >= 0.3 is 0 Å². The number of para-hydroxylation sites is 2. The maximum absolute atomic E-state index is 14.5. The molecule has 1 aliphatic carbocycles. The summed E-state index contributed by atoms with van der Waals surface area (Å²) in [5.74, 6) is -0.783. The maximum atomic E-state index is 14.5. The SMILES string of the molecule is O=S(=O)(c1cccc(OCCO)c1OCCO)C1(S(=O)(=O)c2cccc(OCCO)c2OCCO)C=CC=CC1. The molecule has 0 saturated carbocycles. The van der Waals surface area contributed by atoms with Gasteiger partial charge in [-0.3, -0.25) is 0 Å². The Kier molecular flexibility index (Phi) is 11.0. The number of rotatable bonds is 16.